The monoisotopic (exact) mass is 807 g/mol. The molecular formula is C47H85NO7P+. The number of phosphoric acid groups is 1. The number of unbranched alkanes of at least 4 members (excludes halogenated alkanes) is 14. The molecular weight excluding hydrogens is 721 g/mol. The van der Waals surface area contributed by atoms with Crippen LogP contribution in [-0.4, -0.2) is 75.6 Å². The van der Waals surface area contributed by atoms with E-state index in [4.69, 9.17) is 18.5 Å². The van der Waals surface area contributed by atoms with Crippen molar-refractivity contribution in [2.75, 3.05) is 54.1 Å². The summed E-state index contributed by atoms with van der Waals surface area (Å²) in [5.41, 5.74) is 0. The van der Waals surface area contributed by atoms with Gasteiger partial charge >= 0.3 is 13.8 Å². The summed E-state index contributed by atoms with van der Waals surface area (Å²) in [6.45, 7) is 5.40. The number of rotatable bonds is 40. The Kier molecular flexibility index (Phi) is 38.3. The topological polar surface area (TPSA) is 91.3 Å². The first-order chi connectivity index (χ1) is 27.1. The Hall–Kier alpha value is -2.06. The Bertz CT molecular complexity index is 1120. The number of hydrogen-bond donors (Lipinski definition) is 1. The van der Waals surface area contributed by atoms with Crippen LogP contribution >= 0.6 is 7.82 Å². The molecule has 0 rings (SSSR count). The van der Waals surface area contributed by atoms with Crippen molar-refractivity contribution in [3.05, 3.63) is 72.9 Å². The summed E-state index contributed by atoms with van der Waals surface area (Å²) in [5, 5.41) is 0. The number of ether oxygens (including phenoxy) is 2. The third-order valence-corrected chi connectivity index (χ3v) is 10.0. The molecule has 0 radical (unpaired) electrons. The van der Waals surface area contributed by atoms with Gasteiger partial charge in [-0.25, -0.2) is 4.57 Å². The number of carbonyl (C=O) groups excluding carboxylic acids is 1. The summed E-state index contributed by atoms with van der Waals surface area (Å²) in [4.78, 5) is 22.9. The van der Waals surface area contributed by atoms with Crippen LogP contribution in [-0.2, 0) is 27.9 Å². The maximum absolute atomic E-state index is 12.7. The first-order valence-corrected chi connectivity index (χ1v) is 23.7. The van der Waals surface area contributed by atoms with Gasteiger partial charge in [-0.2, -0.15) is 0 Å². The molecule has 56 heavy (non-hydrogen) atoms. The quantitative estimate of drug-likeness (QED) is 0.0217. The normalized spacial score (nSPS) is 14.5. The molecule has 0 aromatic heterocycles. The molecule has 2 atom stereocenters. The molecule has 0 spiro atoms. The zero-order valence-electron chi connectivity index (χ0n) is 36.6. The Morgan fingerprint density at radius 2 is 1.00 bits per heavy atom. The van der Waals surface area contributed by atoms with Crippen molar-refractivity contribution in [3.8, 4) is 0 Å². The number of allylic oxidation sites excluding steroid dienone is 12. The zero-order chi connectivity index (χ0) is 41.3. The molecule has 0 aromatic rings. The van der Waals surface area contributed by atoms with Gasteiger partial charge in [0, 0.05) is 13.0 Å². The molecule has 0 fully saturated rings. The maximum atomic E-state index is 12.7. The third kappa shape index (κ3) is 43.1. The van der Waals surface area contributed by atoms with Crippen LogP contribution in [0.4, 0.5) is 0 Å². The van der Waals surface area contributed by atoms with Gasteiger partial charge in [0.25, 0.3) is 0 Å². The van der Waals surface area contributed by atoms with E-state index in [1.54, 1.807) is 0 Å². The number of quaternary nitrogens is 1. The van der Waals surface area contributed by atoms with Crippen LogP contribution in [0.15, 0.2) is 72.9 Å². The average Bonchev–Trinajstić information content (AvgIpc) is 3.15. The van der Waals surface area contributed by atoms with Gasteiger partial charge in [-0.3, -0.25) is 13.8 Å². The minimum absolute atomic E-state index is 0.0728. The van der Waals surface area contributed by atoms with Crippen LogP contribution in [0.2, 0.25) is 0 Å². The van der Waals surface area contributed by atoms with Gasteiger partial charge < -0.3 is 18.9 Å². The third-order valence-electron chi connectivity index (χ3n) is 9.05. The summed E-state index contributed by atoms with van der Waals surface area (Å²) in [5.74, 6) is -0.396. The van der Waals surface area contributed by atoms with E-state index >= 15 is 0 Å². The molecule has 324 valence electrons. The SMILES string of the molecule is CC/C=C\C/C=C\C/C=C\C/C=C\C/C=C\C/C=C\CCC(=O)OC(COCCCCCCCCCCCCCCCCC)COP(=O)(O)OCC[N+](C)(C)C. The summed E-state index contributed by atoms with van der Waals surface area (Å²) in [6, 6.07) is 0. The van der Waals surface area contributed by atoms with Crippen molar-refractivity contribution in [1.82, 2.24) is 0 Å². The fraction of sp³-hybridized carbons (Fsp3) is 0.723. The highest BCUT2D eigenvalue weighted by Crippen LogP contribution is 2.43. The molecule has 1 N–H and O–H groups in total. The number of esters is 1. The van der Waals surface area contributed by atoms with Crippen molar-refractivity contribution in [2.24, 2.45) is 0 Å². The largest absolute Gasteiger partial charge is 0.472 e. The Labute approximate surface area is 344 Å². The molecule has 0 aromatic carbocycles. The predicted octanol–water partition coefficient (Wildman–Crippen LogP) is 13.1. The first-order valence-electron chi connectivity index (χ1n) is 22.2. The van der Waals surface area contributed by atoms with Crippen LogP contribution in [0.3, 0.4) is 0 Å². The number of hydrogen-bond acceptors (Lipinski definition) is 6. The van der Waals surface area contributed by atoms with Gasteiger partial charge in [0.2, 0.25) is 0 Å². The van der Waals surface area contributed by atoms with Crippen molar-refractivity contribution in [2.45, 2.75) is 168 Å². The van der Waals surface area contributed by atoms with Gasteiger partial charge in [0.15, 0.2) is 0 Å². The lowest BCUT2D eigenvalue weighted by atomic mass is 10.0. The highest BCUT2D eigenvalue weighted by molar-refractivity contribution is 7.47. The van der Waals surface area contributed by atoms with Gasteiger partial charge in [-0.05, 0) is 51.4 Å². The molecule has 0 aliphatic carbocycles. The van der Waals surface area contributed by atoms with Crippen LogP contribution in [0.5, 0.6) is 0 Å². The van der Waals surface area contributed by atoms with E-state index in [1.165, 1.54) is 83.5 Å². The second-order valence-corrected chi connectivity index (χ2v) is 17.2. The second-order valence-electron chi connectivity index (χ2n) is 15.7. The molecule has 0 saturated carbocycles. The number of phosphoric ester groups is 1. The van der Waals surface area contributed by atoms with Crippen LogP contribution < -0.4 is 0 Å². The lowest BCUT2D eigenvalue weighted by molar-refractivity contribution is -0.870. The molecule has 0 aliphatic heterocycles. The van der Waals surface area contributed by atoms with E-state index in [1.807, 2.05) is 33.3 Å². The van der Waals surface area contributed by atoms with E-state index in [0.29, 0.717) is 24.1 Å². The Morgan fingerprint density at radius 1 is 0.571 bits per heavy atom. The minimum atomic E-state index is -4.30. The molecule has 0 bridgehead atoms. The molecule has 2 unspecified atom stereocenters. The standard InChI is InChI=1S/C47H84NO7P/c1-6-8-10-12-14-16-18-20-22-23-24-25-26-28-30-32-34-36-38-40-47(49)55-46(45-54-56(50,51)53-43-41-48(3,4)5)44-52-42-39-37-35-33-31-29-27-21-19-17-15-13-11-9-7-2/h8,10,14,16,20,22,24-25,28,30,34,36,46H,6-7,9,11-13,15,17-19,21,23,26-27,29,31-33,35,37-45H2,1-5H3/p+1/b10-8-,16-14-,22-20-,25-24-,30-28-,36-34-. The smallest absolute Gasteiger partial charge is 0.457 e. The van der Waals surface area contributed by atoms with E-state index in [2.05, 4.69) is 74.6 Å². The van der Waals surface area contributed by atoms with Gasteiger partial charge in [-0.15, -0.1) is 0 Å². The van der Waals surface area contributed by atoms with Gasteiger partial charge in [0.1, 0.15) is 19.3 Å². The lowest BCUT2D eigenvalue weighted by Crippen LogP contribution is -2.37. The van der Waals surface area contributed by atoms with Crippen molar-refractivity contribution >= 4 is 13.8 Å². The summed E-state index contributed by atoms with van der Waals surface area (Å²) in [6.07, 6.45) is 50.9. The number of likely N-dealkylation sites (N-methyl/N-ethyl adjacent to an activating group) is 1. The summed E-state index contributed by atoms with van der Waals surface area (Å²) >= 11 is 0. The average molecular weight is 807 g/mol. The summed E-state index contributed by atoms with van der Waals surface area (Å²) in [7, 11) is 1.61. The first kappa shape index (κ1) is 53.9. The lowest BCUT2D eigenvalue weighted by Gasteiger charge is -2.24. The molecule has 0 saturated heterocycles. The molecule has 0 aliphatic rings. The van der Waals surface area contributed by atoms with E-state index in [-0.39, 0.29) is 26.2 Å². The summed E-state index contributed by atoms with van der Waals surface area (Å²) < 4.78 is 34.9. The maximum Gasteiger partial charge on any atom is 0.472 e. The molecule has 0 heterocycles. The van der Waals surface area contributed by atoms with E-state index in [0.717, 1.165) is 51.4 Å². The fourth-order valence-corrected chi connectivity index (χ4v) is 6.38. The van der Waals surface area contributed by atoms with Crippen molar-refractivity contribution in [1.29, 1.82) is 0 Å². The van der Waals surface area contributed by atoms with Crippen molar-refractivity contribution in [3.63, 3.8) is 0 Å². The Morgan fingerprint density at radius 3 is 1.45 bits per heavy atom. The minimum Gasteiger partial charge on any atom is -0.457 e. The highest BCUT2D eigenvalue weighted by Gasteiger charge is 2.26. The molecule has 0 amide bonds. The Balaban J connectivity index is 4.37. The predicted molar refractivity (Wildman–Crippen MR) is 238 cm³/mol. The number of carbonyl (C=O) groups is 1. The molecule has 9 heteroatoms. The van der Waals surface area contributed by atoms with Gasteiger partial charge in [-0.1, -0.05) is 177 Å². The zero-order valence-corrected chi connectivity index (χ0v) is 37.5. The fourth-order valence-electron chi connectivity index (χ4n) is 5.64. The van der Waals surface area contributed by atoms with E-state index in [9.17, 15) is 14.3 Å². The molecule has 8 nitrogen and oxygen atoms in total. The second kappa shape index (κ2) is 39.8. The highest BCUT2D eigenvalue weighted by atomic mass is 31.2. The van der Waals surface area contributed by atoms with Crippen LogP contribution in [0.1, 0.15) is 162 Å². The van der Waals surface area contributed by atoms with E-state index < -0.39 is 19.9 Å². The van der Waals surface area contributed by atoms with Gasteiger partial charge in [0.05, 0.1) is 34.4 Å². The van der Waals surface area contributed by atoms with Crippen molar-refractivity contribution < 1.29 is 37.3 Å². The van der Waals surface area contributed by atoms with Crippen LogP contribution in [0, 0.1) is 0 Å². The number of nitrogens with zero attached hydrogens (tertiary/aromatic N) is 1. The van der Waals surface area contributed by atoms with Crippen LogP contribution in [0.25, 0.3) is 0 Å².